The summed E-state index contributed by atoms with van der Waals surface area (Å²) >= 11 is 0. The first-order chi connectivity index (χ1) is 7.39. The van der Waals surface area contributed by atoms with E-state index in [0.29, 0.717) is 12.5 Å². The lowest BCUT2D eigenvalue weighted by atomic mass is 9.81. The standard InChI is InChI=1S/C10H14BF3NO/c1-8(2)3-4-16-10-5-9(6-15-7-10)11(12,13)14/h5-8H,3-4H2,1-2H3/q-1. The predicted molar refractivity (Wildman–Crippen MR) is 57.9 cm³/mol. The summed E-state index contributed by atoms with van der Waals surface area (Å²) in [6.45, 7) is -0.540. The SMILES string of the molecule is CC(C)CCOc1cncc([B-](F)(F)F)c1. The predicted octanol–water partition coefficient (Wildman–Crippen LogP) is 2.56. The molecular weight excluding hydrogens is 218 g/mol. The molecule has 6 heteroatoms. The van der Waals surface area contributed by atoms with Crippen LogP contribution in [0.25, 0.3) is 0 Å². The lowest BCUT2D eigenvalue weighted by Gasteiger charge is -2.15. The summed E-state index contributed by atoms with van der Waals surface area (Å²) < 4.78 is 42.4. The Bertz CT molecular complexity index is 341. The molecule has 0 fully saturated rings. The molecule has 90 valence electrons. The highest BCUT2D eigenvalue weighted by molar-refractivity contribution is 6.73. The van der Waals surface area contributed by atoms with Gasteiger partial charge in [-0.3, -0.25) is 4.98 Å². The normalized spacial score (nSPS) is 11.9. The third kappa shape index (κ3) is 4.12. The van der Waals surface area contributed by atoms with Gasteiger partial charge in [0.1, 0.15) is 5.75 Å². The summed E-state index contributed by atoms with van der Waals surface area (Å²) in [4.78, 5) is 3.52. The number of rotatable bonds is 5. The van der Waals surface area contributed by atoms with Gasteiger partial charge in [0, 0.05) is 6.20 Å². The minimum atomic E-state index is -5.00. The molecular formula is C10H14BF3NO-. The van der Waals surface area contributed by atoms with E-state index in [4.69, 9.17) is 4.74 Å². The summed E-state index contributed by atoms with van der Waals surface area (Å²) in [5.41, 5.74) is -0.720. The van der Waals surface area contributed by atoms with E-state index in [-0.39, 0.29) is 5.75 Å². The highest BCUT2D eigenvalue weighted by Crippen LogP contribution is 2.13. The maximum Gasteiger partial charge on any atom is 0.511 e. The van der Waals surface area contributed by atoms with E-state index in [1.807, 2.05) is 13.8 Å². The number of halogens is 3. The Kier molecular flexibility index (Phi) is 4.21. The second-order valence-corrected chi connectivity index (χ2v) is 4.06. The number of hydrogen-bond acceptors (Lipinski definition) is 2. The Balaban J connectivity index is 2.61. The summed E-state index contributed by atoms with van der Waals surface area (Å²) in [6, 6.07) is 0.993. The Morgan fingerprint density at radius 2 is 2.00 bits per heavy atom. The quantitative estimate of drug-likeness (QED) is 0.727. The summed E-state index contributed by atoms with van der Waals surface area (Å²) in [7, 11) is 0. The van der Waals surface area contributed by atoms with Crippen LogP contribution in [-0.4, -0.2) is 18.6 Å². The van der Waals surface area contributed by atoms with Gasteiger partial charge in [-0.1, -0.05) is 19.3 Å². The van der Waals surface area contributed by atoms with Crippen molar-refractivity contribution in [3.05, 3.63) is 18.5 Å². The Hall–Kier alpha value is -1.20. The van der Waals surface area contributed by atoms with Gasteiger partial charge in [-0.2, -0.15) is 0 Å². The molecule has 0 unspecified atom stereocenters. The zero-order chi connectivity index (χ0) is 12.2. The van der Waals surface area contributed by atoms with E-state index in [1.165, 1.54) is 6.20 Å². The molecule has 0 amide bonds. The van der Waals surface area contributed by atoms with Crippen molar-refractivity contribution in [3.8, 4) is 5.75 Å². The van der Waals surface area contributed by atoms with Gasteiger partial charge in [0.15, 0.2) is 0 Å². The molecule has 1 aromatic heterocycles. The smallest absolute Gasteiger partial charge is 0.492 e. The van der Waals surface area contributed by atoms with E-state index in [9.17, 15) is 12.9 Å². The minimum absolute atomic E-state index is 0.178. The molecule has 0 atom stereocenters. The van der Waals surface area contributed by atoms with Crippen molar-refractivity contribution in [2.45, 2.75) is 20.3 Å². The van der Waals surface area contributed by atoms with Crippen LogP contribution in [0.5, 0.6) is 5.75 Å². The molecule has 0 aliphatic carbocycles. The molecule has 1 aromatic rings. The first kappa shape index (κ1) is 12.9. The molecule has 0 aromatic carbocycles. The second kappa shape index (κ2) is 5.23. The average molecular weight is 232 g/mol. The van der Waals surface area contributed by atoms with Gasteiger partial charge in [0.05, 0.1) is 12.8 Å². The molecule has 0 radical (unpaired) electrons. The maximum atomic E-state index is 12.4. The van der Waals surface area contributed by atoms with E-state index in [2.05, 4.69) is 4.98 Å². The second-order valence-electron chi connectivity index (χ2n) is 4.06. The van der Waals surface area contributed by atoms with Crippen LogP contribution in [0.1, 0.15) is 20.3 Å². The van der Waals surface area contributed by atoms with Crippen LogP contribution < -0.4 is 10.2 Å². The van der Waals surface area contributed by atoms with E-state index < -0.39 is 12.4 Å². The van der Waals surface area contributed by atoms with Gasteiger partial charge < -0.3 is 17.7 Å². The van der Waals surface area contributed by atoms with Crippen molar-refractivity contribution in [2.24, 2.45) is 5.92 Å². The van der Waals surface area contributed by atoms with Gasteiger partial charge in [0.25, 0.3) is 0 Å². The lowest BCUT2D eigenvalue weighted by Crippen LogP contribution is -2.34. The number of aromatic nitrogens is 1. The van der Waals surface area contributed by atoms with Gasteiger partial charge in [-0.15, -0.1) is 0 Å². The van der Waals surface area contributed by atoms with Crippen LogP contribution in [0.15, 0.2) is 18.5 Å². The lowest BCUT2D eigenvalue weighted by molar-refractivity contribution is 0.288. The third-order valence-corrected chi connectivity index (χ3v) is 2.08. The number of ether oxygens (including phenoxy) is 1. The topological polar surface area (TPSA) is 22.1 Å². The summed E-state index contributed by atoms with van der Waals surface area (Å²) in [6.07, 6.45) is 2.92. The minimum Gasteiger partial charge on any atom is -0.492 e. The third-order valence-electron chi connectivity index (χ3n) is 2.08. The van der Waals surface area contributed by atoms with E-state index in [0.717, 1.165) is 18.7 Å². The van der Waals surface area contributed by atoms with Crippen LogP contribution in [0.3, 0.4) is 0 Å². The maximum absolute atomic E-state index is 12.4. The number of nitrogens with zero attached hydrogens (tertiary/aromatic N) is 1. The van der Waals surface area contributed by atoms with Crippen LogP contribution in [0.4, 0.5) is 12.9 Å². The molecule has 16 heavy (non-hydrogen) atoms. The zero-order valence-electron chi connectivity index (χ0n) is 9.29. The van der Waals surface area contributed by atoms with Crippen molar-refractivity contribution >= 4 is 12.4 Å². The molecule has 1 rings (SSSR count). The van der Waals surface area contributed by atoms with Crippen molar-refractivity contribution in [1.82, 2.24) is 4.98 Å². The molecule has 0 saturated carbocycles. The Labute approximate surface area is 92.9 Å². The first-order valence-corrected chi connectivity index (χ1v) is 5.17. The van der Waals surface area contributed by atoms with Crippen LogP contribution in [-0.2, 0) is 0 Å². The molecule has 0 bridgehead atoms. The van der Waals surface area contributed by atoms with Crippen molar-refractivity contribution in [3.63, 3.8) is 0 Å². The van der Waals surface area contributed by atoms with Crippen LogP contribution in [0, 0.1) is 5.92 Å². The van der Waals surface area contributed by atoms with Gasteiger partial charge >= 0.3 is 6.98 Å². The van der Waals surface area contributed by atoms with E-state index >= 15 is 0 Å². The largest absolute Gasteiger partial charge is 0.511 e. The number of pyridine rings is 1. The fourth-order valence-electron chi connectivity index (χ4n) is 1.11. The van der Waals surface area contributed by atoms with Gasteiger partial charge in [-0.05, 0) is 18.4 Å². The van der Waals surface area contributed by atoms with Crippen molar-refractivity contribution in [2.75, 3.05) is 6.61 Å². The fraction of sp³-hybridized carbons (Fsp3) is 0.500. The first-order valence-electron chi connectivity index (χ1n) is 5.17. The van der Waals surface area contributed by atoms with Gasteiger partial charge in [-0.25, -0.2) is 0 Å². The molecule has 0 N–H and O–H groups in total. The van der Waals surface area contributed by atoms with Gasteiger partial charge in [0.2, 0.25) is 0 Å². The molecule has 0 aliphatic heterocycles. The highest BCUT2D eigenvalue weighted by Gasteiger charge is 2.26. The summed E-state index contributed by atoms with van der Waals surface area (Å²) in [5, 5.41) is 0. The molecule has 2 nitrogen and oxygen atoms in total. The summed E-state index contributed by atoms with van der Waals surface area (Å²) in [5.74, 6) is 0.639. The van der Waals surface area contributed by atoms with Crippen molar-refractivity contribution < 1.29 is 17.7 Å². The van der Waals surface area contributed by atoms with Crippen LogP contribution in [0.2, 0.25) is 0 Å². The molecule has 0 spiro atoms. The van der Waals surface area contributed by atoms with E-state index in [1.54, 1.807) is 0 Å². The zero-order valence-corrected chi connectivity index (χ0v) is 9.29. The average Bonchev–Trinajstić information content (AvgIpc) is 2.16. The molecule has 1 heterocycles. The van der Waals surface area contributed by atoms with Crippen molar-refractivity contribution in [1.29, 1.82) is 0 Å². The Morgan fingerprint density at radius 3 is 2.56 bits per heavy atom. The fourth-order valence-corrected chi connectivity index (χ4v) is 1.11. The van der Waals surface area contributed by atoms with Crippen LogP contribution >= 0.6 is 0 Å². The monoisotopic (exact) mass is 232 g/mol. The highest BCUT2D eigenvalue weighted by atomic mass is 19.4. The molecule has 0 saturated heterocycles. The Morgan fingerprint density at radius 1 is 1.31 bits per heavy atom. The number of hydrogen-bond donors (Lipinski definition) is 0. The molecule has 0 aliphatic rings.